The standard InChI is InChI=1S/C20H16F3N5O3/c21-20(22,23)13-6-2-3-7-14(13)26-18(30)10-31-16-8-4-1-5-12(16)15-9-17(29)27-19-24-11-25-28(15)19/h1-8,11,15H,9-10H2,(H,26,30)(H,24,25,27,29)/t15-/m1/s1. The third-order valence-electron chi connectivity index (χ3n) is 4.64. The lowest BCUT2D eigenvalue weighted by atomic mass is 10.0. The number of alkyl halides is 3. The van der Waals surface area contributed by atoms with Crippen molar-refractivity contribution in [3.63, 3.8) is 0 Å². The van der Waals surface area contributed by atoms with Gasteiger partial charge in [0, 0.05) is 5.56 Å². The van der Waals surface area contributed by atoms with Crippen LogP contribution in [0.3, 0.4) is 0 Å². The molecule has 2 heterocycles. The van der Waals surface area contributed by atoms with E-state index in [1.165, 1.54) is 29.2 Å². The van der Waals surface area contributed by atoms with Gasteiger partial charge >= 0.3 is 6.18 Å². The predicted molar refractivity (Wildman–Crippen MR) is 103 cm³/mol. The first-order chi connectivity index (χ1) is 14.8. The Kier molecular flexibility index (Phi) is 5.32. The molecule has 0 aliphatic carbocycles. The zero-order chi connectivity index (χ0) is 22.0. The lowest BCUT2D eigenvalue weighted by Gasteiger charge is -2.25. The third-order valence-corrected chi connectivity index (χ3v) is 4.64. The molecule has 0 bridgehead atoms. The zero-order valence-corrected chi connectivity index (χ0v) is 15.9. The van der Waals surface area contributed by atoms with E-state index in [0.717, 1.165) is 6.07 Å². The molecule has 2 aromatic carbocycles. The van der Waals surface area contributed by atoms with Crippen molar-refractivity contribution in [1.29, 1.82) is 0 Å². The number of carbonyl (C=O) groups excluding carboxylic acids is 2. The Balaban J connectivity index is 1.50. The van der Waals surface area contributed by atoms with Gasteiger partial charge in [0.25, 0.3) is 5.91 Å². The van der Waals surface area contributed by atoms with Gasteiger partial charge in [-0.25, -0.2) is 4.68 Å². The topological polar surface area (TPSA) is 98.1 Å². The fraction of sp³-hybridized carbons (Fsp3) is 0.200. The zero-order valence-electron chi connectivity index (χ0n) is 15.9. The molecule has 1 atom stereocenters. The van der Waals surface area contributed by atoms with Gasteiger partial charge in [0.15, 0.2) is 6.61 Å². The molecule has 1 aliphatic rings. The number of halogens is 3. The van der Waals surface area contributed by atoms with E-state index < -0.39 is 30.3 Å². The lowest BCUT2D eigenvalue weighted by Crippen LogP contribution is -2.30. The maximum absolute atomic E-state index is 13.1. The maximum atomic E-state index is 13.1. The van der Waals surface area contributed by atoms with E-state index in [1.54, 1.807) is 24.3 Å². The van der Waals surface area contributed by atoms with Crippen molar-refractivity contribution in [3.05, 3.63) is 66.0 Å². The molecular weight excluding hydrogens is 415 g/mol. The van der Waals surface area contributed by atoms with Crippen LogP contribution in [0.1, 0.15) is 23.6 Å². The average Bonchev–Trinajstić information content (AvgIpc) is 3.20. The molecule has 2 amide bonds. The van der Waals surface area contributed by atoms with Crippen LogP contribution >= 0.6 is 0 Å². The quantitative estimate of drug-likeness (QED) is 0.646. The Bertz CT molecular complexity index is 1130. The van der Waals surface area contributed by atoms with Gasteiger partial charge in [-0.15, -0.1) is 0 Å². The van der Waals surface area contributed by atoms with E-state index in [-0.39, 0.29) is 24.0 Å². The Hall–Kier alpha value is -3.89. The first-order valence-electron chi connectivity index (χ1n) is 9.20. The molecule has 31 heavy (non-hydrogen) atoms. The average molecular weight is 431 g/mol. The summed E-state index contributed by atoms with van der Waals surface area (Å²) in [5, 5.41) is 8.96. The van der Waals surface area contributed by atoms with Crippen LogP contribution in [0.4, 0.5) is 24.8 Å². The molecule has 2 N–H and O–H groups in total. The largest absolute Gasteiger partial charge is 0.483 e. The Morgan fingerprint density at radius 2 is 1.94 bits per heavy atom. The fourth-order valence-corrected chi connectivity index (χ4v) is 3.30. The second-order valence-electron chi connectivity index (χ2n) is 6.71. The highest BCUT2D eigenvalue weighted by Gasteiger charge is 2.34. The number of ether oxygens (including phenoxy) is 1. The molecule has 8 nitrogen and oxygen atoms in total. The molecule has 160 valence electrons. The van der Waals surface area contributed by atoms with Crippen LogP contribution in [0.25, 0.3) is 0 Å². The number of hydrogen-bond donors (Lipinski definition) is 2. The lowest BCUT2D eigenvalue weighted by molar-refractivity contribution is -0.137. The van der Waals surface area contributed by atoms with Crippen molar-refractivity contribution in [2.45, 2.75) is 18.6 Å². The van der Waals surface area contributed by atoms with Crippen molar-refractivity contribution < 1.29 is 27.5 Å². The van der Waals surface area contributed by atoms with Gasteiger partial charge in [0.2, 0.25) is 11.9 Å². The number of benzene rings is 2. The van der Waals surface area contributed by atoms with Gasteiger partial charge < -0.3 is 10.1 Å². The second-order valence-corrected chi connectivity index (χ2v) is 6.71. The Morgan fingerprint density at radius 1 is 1.19 bits per heavy atom. The summed E-state index contributed by atoms with van der Waals surface area (Å²) < 4.78 is 46.4. The maximum Gasteiger partial charge on any atom is 0.418 e. The van der Waals surface area contributed by atoms with Crippen LogP contribution in [0.15, 0.2) is 54.9 Å². The molecule has 0 radical (unpaired) electrons. The summed E-state index contributed by atoms with van der Waals surface area (Å²) in [5.41, 5.74) is -0.712. The molecule has 0 saturated carbocycles. The summed E-state index contributed by atoms with van der Waals surface area (Å²) in [4.78, 5) is 28.3. The highest BCUT2D eigenvalue weighted by Crippen LogP contribution is 2.35. The molecule has 0 saturated heterocycles. The van der Waals surface area contributed by atoms with Crippen molar-refractivity contribution >= 4 is 23.5 Å². The van der Waals surface area contributed by atoms with E-state index in [0.29, 0.717) is 11.3 Å². The van der Waals surface area contributed by atoms with Crippen LogP contribution in [0.2, 0.25) is 0 Å². The smallest absolute Gasteiger partial charge is 0.418 e. The number of aromatic nitrogens is 3. The molecule has 1 aliphatic heterocycles. The van der Waals surface area contributed by atoms with Crippen LogP contribution in [-0.2, 0) is 15.8 Å². The number of para-hydroxylation sites is 2. The number of hydrogen-bond acceptors (Lipinski definition) is 5. The first kappa shape index (κ1) is 20.4. The molecule has 0 unspecified atom stereocenters. The Morgan fingerprint density at radius 3 is 2.74 bits per heavy atom. The van der Waals surface area contributed by atoms with Crippen LogP contribution in [0.5, 0.6) is 5.75 Å². The molecule has 1 aromatic heterocycles. The summed E-state index contributed by atoms with van der Waals surface area (Å²) >= 11 is 0. The van der Waals surface area contributed by atoms with Gasteiger partial charge in [0.1, 0.15) is 12.1 Å². The van der Waals surface area contributed by atoms with Gasteiger partial charge in [-0.05, 0) is 18.2 Å². The second kappa shape index (κ2) is 8.09. The number of nitrogens with one attached hydrogen (secondary N) is 2. The number of nitrogens with zero attached hydrogens (tertiary/aromatic N) is 3. The van der Waals surface area contributed by atoms with E-state index >= 15 is 0 Å². The molecular formula is C20H16F3N5O3. The number of fused-ring (bicyclic) bond motifs is 1. The molecule has 11 heteroatoms. The minimum absolute atomic E-state index is 0.0852. The van der Waals surface area contributed by atoms with Crippen LogP contribution < -0.4 is 15.4 Å². The highest BCUT2D eigenvalue weighted by atomic mass is 19.4. The molecule has 0 spiro atoms. The summed E-state index contributed by atoms with van der Waals surface area (Å²) in [7, 11) is 0. The minimum atomic E-state index is -4.60. The number of carbonyl (C=O) groups is 2. The first-order valence-corrected chi connectivity index (χ1v) is 9.20. The third kappa shape index (κ3) is 4.34. The predicted octanol–water partition coefficient (Wildman–Crippen LogP) is 3.25. The highest BCUT2D eigenvalue weighted by molar-refractivity contribution is 5.93. The van der Waals surface area contributed by atoms with Gasteiger partial charge in [-0.3, -0.25) is 14.9 Å². The SMILES string of the molecule is O=C(COc1ccccc1[C@H]1CC(=O)Nc2ncnn21)Nc1ccccc1C(F)(F)F. The van der Waals surface area contributed by atoms with Gasteiger partial charge in [-0.1, -0.05) is 30.3 Å². The van der Waals surface area contributed by atoms with Crippen LogP contribution in [0, 0.1) is 0 Å². The van der Waals surface area contributed by atoms with Gasteiger partial charge in [0.05, 0.1) is 23.7 Å². The van der Waals surface area contributed by atoms with Gasteiger partial charge in [-0.2, -0.15) is 23.3 Å². The molecule has 4 rings (SSSR count). The molecule has 3 aromatic rings. The summed E-state index contributed by atoms with van der Waals surface area (Å²) in [6.45, 7) is -0.521. The Labute approximate surface area is 174 Å². The normalized spacial score (nSPS) is 15.7. The van der Waals surface area contributed by atoms with E-state index in [4.69, 9.17) is 4.74 Å². The number of anilines is 2. The fourth-order valence-electron chi connectivity index (χ4n) is 3.30. The monoisotopic (exact) mass is 431 g/mol. The van der Waals surface area contributed by atoms with Crippen molar-refractivity contribution in [2.75, 3.05) is 17.2 Å². The molecule has 0 fully saturated rings. The van der Waals surface area contributed by atoms with Crippen LogP contribution in [-0.4, -0.2) is 33.2 Å². The van der Waals surface area contributed by atoms with Crippen molar-refractivity contribution in [1.82, 2.24) is 14.8 Å². The number of rotatable bonds is 5. The van der Waals surface area contributed by atoms with E-state index in [9.17, 15) is 22.8 Å². The number of amides is 2. The summed E-state index contributed by atoms with van der Waals surface area (Å²) in [6.07, 6.45) is -3.21. The summed E-state index contributed by atoms with van der Waals surface area (Å²) in [5.74, 6) is -0.406. The van der Waals surface area contributed by atoms with Crippen molar-refractivity contribution in [2.24, 2.45) is 0 Å². The summed E-state index contributed by atoms with van der Waals surface area (Å²) in [6, 6.07) is 10.9. The van der Waals surface area contributed by atoms with E-state index in [2.05, 4.69) is 20.7 Å². The minimum Gasteiger partial charge on any atom is -0.483 e. The van der Waals surface area contributed by atoms with Crippen molar-refractivity contribution in [3.8, 4) is 5.75 Å². The van der Waals surface area contributed by atoms with E-state index in [1.807, 2.05) is 0 Å².